The lowest BCUT2D eigenvalue weighted by Crippen LogP contribution is -2.47. The van der Waals surface area contributed by atoms with Gasteiger partial charge in [0.25, 0.3) is 0 Å². The molecule has 3 unspecified atom stereocenters. The highest BCUT2D eigenvalue weighted by Gasteiger charge is 2.35. The second-order valence-corrected chi connectivity index (χ2v) is 6.15. The molecule has 0 radical (unpaired) electrons. The quantitative estimate of drug-likeness (QED) is 0.845. The fourth-order valence-electron chi connectivity index (χ4n) is 3.32. The Morgan fingerprint density at radius 1 is 1.20 bits per heavy atom. The third-order valence-corrected chi connectivity index (χ3v) is 4.62. The van der Waals surface area contributed by atoms with E-state index >= 15 is 0 Å². The molecular formula is C16H24N2O2. The predicted molar refractivity (Wildman–Crippen MR) is 78.3 cm³/mol. The van der Waals surface area contributed by atoms with Gasteiger partial charge in [0.2, 0.25) is 0 Å². The topological polar surface area (TPSA) is 58.7 Å². The van der Waals surface area contributed by atoms with E-state index in [1.807, 2.05) is 30.3 Å². The summed E-state index contributed by atoms with van der Waals surface area (Å²) in [6.07, 6.45) is 3.97. The molecule has 2 heterocycles. The Labute approximate surface area is 120 Å². The van der Waals surface area contributed by atoms with Gasteiger partial charge in [-0.1, -0.05) is 30.3 Å². The fourth-order valence-corrected chi connectivity index (χ4v) is 3.32. The largest absolute Gasteiger partial charge is 0.394 e. The highest BCUT2D eigenvalue weighted by molar-refractivity contribution is 5.24. The van der Waals surface area contributed by atoms with Gasteiger partial charge in [-0.05, 0) is 24.8 Å². The third kappa shape index (κ3) is 2.88. The SMILES string of the molecule is NC(CO)(CCN1CC2CCC(C1)O2)c1ccccc1. The zero-order chi connectivity index (χ0) is 14.0. The molecule has 0 aliphatic carbocycles. The zero-order valence-corrected chi connectivity index (χ0v) is 11.9. The average molecular weight is 276 g/mol. The number of benzene rings is 1. The predicted octanol–water partition coefficient (Wildman–Crippen LogP) is 1.09. The number of nitrogens with zero attached hydrogens (tertiary/aromatic N) is 1. The van der Waals surface area contributed by atoms with Gasteiger partial charge in [0.05, 0.1) is 24.4 Å². The van der Waals surface area contributed by atoms with Crippen LogP contribution < -0.4 is 5.73 Å². The molecule has 3 N–H and O–H groups in total. The third-order valence-electron chi connectivity index (χ3n) is 4.62. The van der Waals surface area contributed by atoms with Crippen molar-refractivity contribution in [2.45, 2.75) is 37.0 Å². The summed E-state index contributed by atoms with van der Waals surface area (Å²) in [5.74, 6) is 0. The van der Waals surface area contributed by atoms with Crippen molar-refractivity contribution in [2.24, 2.45) is 5.73 Å². The van der Waals surface area contributed by atoms with Gasteiger partial charge in [0, 0.05) is 19.6 Å². The fraction of sp³-hybridized carbons (Fsp3) is 0.625. The molecule has 1 aromatic carbocycles. The molecule has 0 saturated carbocycles. The number of nitrogens with two attached hydrogens (primary N) is 1. The maximum Gasteiger partial charge on any atom is 0.0707 e. The molecule has 1 aromatic rings. The molecular weight excluding hydrogens is 252 g/mol. The monoisotopic (exact) mass is 276 g/mol. The van der Waals surface area contributed by atoms with Gasteiger partial charge in [-0.2, -0.15) is 0 Å². The minimum Gasteiger partial charge on any atom is -0.394 e. The molecule has 0 aromatic heterocycles. The van der Waals surface area contributed by atoms with Crippen LogP contribution in [0.25, 0.3) is 0 Å². The smallest absolute Gasteiger partial charge is 0.0707 e. The Hall–Kier alpha value is -0.940. The first-order valence-corrected chi connectivity index (χ1v) is 7.53. The standard InChI is InChI=1S/C16H24N2O2/c17-16(12-19,13-4-2-1-3-5-13)8-9-18-10-14-6-7-15(11-18)20-14/h1-5,14-15,19H,6-12,17H2. The summed E-state index contributed by atoms with van der Waals surface area (Å²) in [5.41, 5.74) is 6.79. The first kappa shape index (κ1) is 14.0. The van der Waals surface area contributed by atoms with Crippen molar-refractivity contribution in [2.75, 3.05) is 26.2 Å². The van der Waals surface area contributed by atoms with E-state index in [1.54, 1.807) is 0 Å². The van der Waals surface area contributed by atoms with Crippen LogP contribution in [0, 0.1) is 0 Å². The molecule has 2 bridgehead atoms. The summed E-state index contributed by atoms with van der Waals surface area (Å²) in [5, 5.41) is 9.72. The van der Waals surface area contributed by atoms with Crippen LogP contribution in [0.3, 0.4) is 0 Å². The second kappa shape index (κ2) is 5.82. The van der Waals surface area contributed by atoms with Crippen molar-refractivity contribution in [3.05, 3.63) is 35.9 Å². The molecule has 3 rings (SSSR count). The number of likely N-dealkylation sites (tertiary alicyclic amines) is 1. The van der Waals surface area contributed by atoms with Crippen LogP contribution in [0.15, 0.2) is 30.3 Å². The van der Waals surface area contributed by atoms with E-state index < -0.39 is 5.54 Å². The van der Waals surface area contributed by atoms with Gasteiger partial charge in [0.1, 0.15) is 0 Å². The second-order valence-electron chi connectivity index (χ2n) is 6.15. The van der Waals surface area contributed by atoms with E-state index in [0.29, 0.717) is 12.2 Å². The molecule has 2 saturated heterocycles. The minimum atomic E-state index is -0.640. The van der Waals surface area contributed by atoms with E-state index in [-0.39, 0.29) is 6.61 Å². The lowest BCUT2D eigenvalue weighted by atomic mass is 9.88. The Morgan fingerprint density at radius 3 is 2.45 bits per heavy atom. The first-order chi connectivity index (χ1) is 9.69. The lowest BCUT2D eigenvalue weighted by Gasteiger charge is -2.35. The van der Waals surface area contributed by atoms with Crippen LogP contribution in [0.4, 0.5) is 0 Å². The van der Waals surface area contributed by atoms with Crippen molar-refractivity contribution in [3.63, 3.8) is 0 Å². The van der Waals surface area contributed by atoms with Crippen LogP contribution in [0.2, 0.25) is 0 Å². The first-order valence-electron chi connectivity index (χ1n) is 7.53. The molecule has 2 aliphatic heterocycles. The molecule has 20 heavy (non-hydrogen) atoms. The maximum absolute atomic E-state index is 9.72. The number of rotatable bonds is 5. The summed E-state index contributed by atoms with van der Waals surface area (Å²) >= 11 is 0. The average Bonchev–Trinajstić information content (AvgIpc) is 2.84. The summed E-state index contributed by atoms with van der Waals surface area (Å²) < 4.78 is 5.85. The molecule has 2 fully saturated rings. The van der Waals surface area contributed by atoms with Gasteiger partial charge < -0.3 is 15.6 Å². The van der Waals surface area contributed by atoms with Crippen LogP contribution in [-0.2, 0) is 10.3 Å². The number of aliphatic hydroxyl groups excluding tert-OH is 1. The van der Waals surface area contributed by atoms with Gasteiger partial charge in [0.15, 0.2) is 0 Å². The van der Waals surface area contributed by atoms with Crippen molar-refractivity contribution < 1.29 is 9.84 Å². The van der Waals surface area contributed by atoms with E-state index in [1.165, 1.54) is 12.8 Å². The zero-order valence-electron chi connectivity index (χ0n) is 11.9. The number of ether oxygens (including phenoxy) is 1. The van der Waals surface area contributed by atoms with Crippen molar-refractivity contribution in [1.82, 2.24) is 4.90 Å². The van der Waals surface area contributed by atoms with Gasteiger partial charge in [-0.15, -0.1) is 0 Å². The molecule has 2 aliphatic rings. The number of fused-ring (bicyclic) bond motifs is 2. The van der Waals surface area contributed by atoms with Crippen LogP contribution in [0.5, 0.6) is 0 Å². The van der Waals surface area contributed by atoms with Crippen LogP contribution >= 0.6 is 0 Å². The van der Waals surface area contributed by atoms with Gasteiger partial charge in [-0.3, -0.25) is 4.90 Å². The summed E-state index contributed by atoms with van der Waals surface area (Å²) in [7, 11) is 0. The van der Waals surface area contributed by atoms with E-state index in [0.717, 1.165) is 31.6 Å². The molecule has 110 valence electrons. The Kier molecular flexibility index (Phi) is 4.08. The maximum atomic E-state index is 9.72. The van der Waals surface area contributed by atoms with Crippen molar-refractivity contribution in [1.29, 1.82) is 0 Å². The van der Waals surface area contributed by atoms with Gasteiger partial charge in [-0.25, -0.2) is 0 Å². The number of hydrogen-bond acceptors (Lipinski definition) is 4. The van der Waals surface area contributed by atoms with E-state index in [2.05, 4.69) is 4.90 Å². The van der Waals surface area contributed by atoms with E-state index in [4.69, 9.17) is 10.5 Å². The molecule has 4 nitrogen and oxygen atoms in total. The highest BCUT2D eigenvalue weighted by atomic mass is 16.5. The molecule has 0 amide bonds. The number of hydrogen-bond donors (Lipinski definition) is 2. The normalized spacial score (nSPS) is 29.3. The van der Waals surface area contributed by atoms with Crippen molar-refractivity contribution >= 4 is 0 Å². The molecule has 3 atom stereocenters. The molecule has 0 spiro atoms. The van der Waals surface area contributed by atoms with Gasteiger partial charge >= 0.3 is 0 Å². The summed E-state index contributed by atoms with van der Waals surface area (Å²) in [4.78, 5) is 2.44. The highest BCUT2D eigenvalue weighted by Crippen LogP contribution is 2.28. The lowest BCUT2D eigenvalue weighted by molar-refractivity contribution is -0.0407. The summed E-state index contributed by atoms with van der Waals surface area (Å²) in [6, 6.07) is 9.92. The Morgan fingerprint density at radius 2 is 1.85 bits per heavy atom. The Balaban J connectivity index is 1.61. The molecule has 4 heteroatoms. The number of aliphatic hydroxyl groups is 1. The van der Waals surface area contributed by atoms with E-state index in [9.17, 15) is 5.11 Å². The summed E-state index contributed by atoms with van der Waals surface area (Å²) in [6.45, 7) is 2.91. The Bertz CT molecular complexity index is 427. The minimum absolute atomic E-state index is 0.0196. The van der Waals surface area contributed by atoms with Crippen LogP contribution in [-0.4, -0.2) is 48.5 Å². The number of morpholine rings is 1. The van der Waals surface area contributed by atoms with Crippen LogP contribution in [0.1, 0.15) is 24.8 Å². The van der Waals surface area contributed by atoms with Crippen molar-refractivity contribution in [3.8, 4) is 0 Å².